The summed E-state index contributed by atoms with van der Waals surface area (Å²) < 4.78 is 7.02. The average molecular weight is 410 g/mol. The first-order chi connectivity index (χ1) is 14.5. The summed E-state index contributed by atoms with van der Waals surface area (Å²) in [5, 5.41) is 2.61. The van der Waals surface area contributed by atoms with Gasteiger partial charge >= 0.3 is 6.03 Å². The van der Waals surface area contributed by atoms with Crippen molar-refractivity contribution in [3.05, 3.63) is 58.4 Å². The van der Waals surface area contributed by atoms with Crippen molar-refractivity contribution >= 4 is 17.8 Å². The van der Waals surface area contributed by atoms with Gasteiger partial charge in [0.2, 0.25) is 5.91 Å². The third-order valence-corrected chi connectivity index (χ3v) is 6.21. The summed E-state index contributed by atoms with van der Waals surface area (Å²) in [4.78, 5) is 52.8. The van der Waals surface area contributed by atoms with Crippen molar-refractivity contribution < 1.29 is 18.8 Å². The number of rotatable bonds is 4. The van der Waals surface area contributed by atoms with Gasteiger partial charge in [-0.2, -0.15) is 0 Å². The van der Waals surface area contributed by atoms with Crippen LogP contribution in [0.1, 0.15) is 30.2 Å². The minimum Gasteiger partial charge on any atom is -0.467 e. The van der Waals surface area contributed by atoms with Gasteiger partial charge in [-0.3, -0.25) is 19.3 Å². The molecule has 9 nitrogen and oxygen atoms in total. The molecule has 156 valence electrons. The number of hydrogen-bond acceptors (Lipinski definition) is 5. The van der Waals surface area contributed by atoms with Crippen molar-refractivity contribution in [3.63, 3.8) is 0 Å². The highest BCUT2D eigenvalue weighted by molar-refractivity contribution is 6.05. The minimum atomic E-state index is -0.864. The van der Waals surface area contributed by atoms with Gasteiger partial charge in [0.05, 0.1) is 19.2 Å². The number of piperidine rings is 1. The molecule has 5 rings (SSSR count). The summed E-state index contributed by atoms with van der Waals surface area (Å²) in [6, 6.07) is 7.27. The number of aromatic nitrogens is 1. The van der Waals surface area contributed by atoms with Crippen molar-refractivity contribution in [2.24, 2.45) is 5.92 Å². The van der Waals surface area contributed by atoms with Crippen molar-refractivity contribution in [2.45, 2.75) is 37.9 Å². The van der Waals surface area contributed by atoms with Crippen LogP contribution < -0.4 is 10.9 Å². The second kappa shape index (κ2) is 7.16. The lowest BCUT2D eigenvalue weighted by atomic mass is 9.83. The maximum atomic E-state index is 13.0. The van der Waals surface area contributed by atoms with E-state index in [1.54, 1.807) is 29.2 Å². The molecular formula is C21H22N4O5. The Morgan fingerprint density at radius 3 is 2.77 bits per heavy atom. The van der Waals surface area contributed by atoms with Crippen LogP contribution in [0.4, 0.5) is 4.79 Å². The lowest BCUT2D eigenvalue weighted by molar-refractivity contribution is -0.137. The molecular weight excluding hydrogens is 388 g/mol. The van der Waals surface area contributed by atoms with Crippen LogP contribution in [0.3, 0.4) is 0 Å². The standard InChI is InChI=1S/C21H22N4O5/c26-18-5-1-4-17-14-7-13(10-24(17)18)9-23(11-14)19(27)8-16-20(28)25(21(29)22-16)12-15-3-2-6-30-15/h1-6,13-14,16H,7-12H2,(H,22,29)/t13-,14+,16+/m1/s1. The molecule has 3 aliphatic heterocycles. The summed E-state index contributed by atoms with van der Waals surface area (Å²) in [6.07, 6.45) is 2.36. The molecule has 3 aliphatic rings. The zero-order valence-corrected chi connectivity index (χ0v) is 16.3. The molecule has 5 heterocycles. The Morgan fingerprint density at radius 1 is 1.10 bits per heavy atom. The van der Waals surface area contributed by atoms with Crippen LogP contribution in [0, 0.1) is 5.92 Å². The highest BCUT2D eigenvalue weighted by atomic mass is 16.3. The number of carbonyl (C=O) groups is 3. The van der Waals surface area contributed by atoms with E-state index >= 15 is 0 Å². The summed E-state index contributed by atoms with van der Waals surface area (Å²) in [5.41, 5.74) is 0.962. The number of furan rings is 1. The maximum absolute atomic E-state index is 13.0. The van der Waals surface area contributed by atoms with Crippen LogP contribution >= 0.6 is 0 Å². The Hall–Kier alpha value is -3.36. The van der Waals surface area contributed by atoms with Crippen LogP contribution in [0.15, 0.2) is 45.8 Å². The molecule has 3 atom stereocenters. The highest BCUT2D eigenvalue weighted by Gasteiger charge is 2.42. The molecule has 0 radical (unpaired) electrons. The van der Waals surface area contributed by atoms with Gasteiger partial charge in [0, 0.05) is 37.3 Å². The van der Waals surface area contributed by atoms with E-state index in [4.69, 9.17) is 4.42 Å². The van der Waals surface area contributed by atoms with Gasteiger partial charge < -0.3 is 19.2 Å². The molecule has 4 amide bonds. The second-order valence-corrected chi connectivity index (χ2v) is 8.21. The topological polar surface area (TPSA) is 105 Å². The number of imide groups is 1. The lowest BCUT2D eigenvalue weighted by Gasteiger charge is -2.43. The fraction of sp³-hybridized carbons (Fsp3) is 0.429. The molecule has 0 saturated carbocycles. The first kappa shape index (κ1) is 18.7. The van der Waals surface area contributed by atoms with Crippen molar-refractivity contribution in [3.8, 4) is 0 Å². The Morgan fingerprint density at radius 2 is 1.97 bits per heavy atom. The van der Waals surface area contributed by atoms with Crippen molar-refractivity contribution in [1.29, 1.82) is 0 Å². The Balaban J connectivity index is 1.26. The number of carbonyl (C=O) groups excluding carboxylic acids is 3. The molecule has 9 heteroatoms. The molecule has 30 heavy (non-hydrogen) atoms. The molecule has 0 aliphatic carbocycles. The van der Waals surface area contributed by atoms with Crippen LogP contribution in [0.25, 0.3) is 0 Å². The first-order valence-electron chi connectivity index (χ1n) is 10.1. The number of fused-ring (bicyclic) bond motifs is 4. The molecule has 2 aromatic heterocycles. The van der Waals surface area contributed by atoms with E-state index in [0.29, 0.717) is 25.4 Å². The molecule has 2 bridgehead atoms. The second-order valence-electron chi connectivity index (χ2n) is 8.21. The molecule has 2 aromatic rings. The van der Waals surface area contributed by atoms with Gasteiger partial charge in [-0.15, -0.1) is 0 Å². The van der Waals surface area contributed by atoms with Gasteiger partial charge in [0.25, 0.3) is 11.5 Å². The van der Waals surface area contributed by atoms with Crippen molar-refractivity contribution in [2.75, 3.05) is 13.1 Å². The zero-order valence-electron chi connectivity index (χ0n) is 16.3. The Kier molecular flexibility index (Phi) is 4.45. The number of nitrogens with one attached hydrogen (secondary N) is 1. The molecule has 2 saturated heterocycles. The van der Waals surface area contributed by atoms with E-state index < -0.39 is 18.0 Å². The molecule has 1 N–H and O–H groups in total. The molecule has 0 unspecified atom stereocenters. The van der Waals surface area contributed by atoms with E-state index in [1.165, 1.54) is 6.26 Å². The van der Waals surface area contributed by atoms with Crippen molar-refractivity contribution in [1.82, 2.24) is 19.7 Å². The number of amides is 4. The monoisotopic (exact) mass is 410 g/mol. The van der Waals surface area contributed by atoms with Gasteiger partial charge in [-0.25, -0.2) is 4.79 Å². The van der Waals surface area contributed by atoms with Crippen LogP contribution in [0.5, 0.6) is 0 Å². The fourth-order valence-corrected chi connectivity index (χ4v) is 4.83. The third kappa shape index (κ3) is 3.20. The molecule has 0 spiro atoms. The van der Waals surface area contributed by atoms with E-state index in [2.05, 4.69) is 5.32 Å². The Bertz CT molecular complexity index is 1060. The number of nitrogens with zero attached hydrogens (tertiary/aromatic N) is 3. The average Bonchev–Trinajstić information content (AvgIpc) is 3.33. The summed E-state index contributed by atoms with van der Waals surface area (Å²) in [7, 11) is 0. The number of hydrogen-bond donors (Lipinski definition) is 1. The predicted octanol–water partition coefficient (Wildman–Crippen LogP) is 0.898. The predicted molar refractivity (Wildman–Crippen MR) is 104 cm³/mol. The molecule has 0 aromatic carbocycles. The SMILES string of the molecule is O=C(C[C@@H]1NC(=O)N(Cc2ccco2)C1=O)N1C[C@H]2C[C@@H](C1)c1cccc(=O)n1C2. The van der Waals surface area contributed by atoms with Gasteiger partial charge in [-0.05, 0) is 30.5 Å². The van der Waals surface area contributed by atoms with Crippen LogP contribution in [-0.2, 0) is 22.7 Å². The largest absolute Gasteiger partial charge is 0.467 e. The summed E-state index contributed by atoms with van der Waals surface area (Å²) in [5.74, 6) is 0.251. The van der Waals surface area contributed by atoms with Crippen LogP contribution in [0.2, 0.25) is 0 Å². The molecule has 2 fully saturated rings. The minimum absolute atomic E-state index is 0.00195. The normalized spacial score (nSPS) is 25.3. The van der Waals surface area contributed by atoms with Gasteiger partial charge in [0.1, 0.15) is 11.8 Å². The quantitative estimate of drug-likeness (QED) is 0.754. The van der Waals surface area contributed by atoms with Gasteiger partial charge in [0.15, 0.2) is 0 Å². The van der Waals surface area contributed by atoms with E-state index in [-0.39, 0.29) is 36.3 Å². The first-order valence-corrected chi connectivity index (χ1v) is 10.1. The lowest BCUT2D eigenvalue weighted by Crippen LogP contribution is -2.50. The summed E-state index contributed by atoms with van der Waals surface area (Å²) in [6.45, 7) is 1.72. The smallest absolute Gasteiger partial charge is 0.325 e. The van der Waals surface area contributed by atoms with E-state index in [9.17, 15) is 19.2 Å². The third-order valence-electron chi connectivity index (χ3n) is 6.21. The Labute approximate surface area is 172 Å². The fourth-order valence-electron chi connectivity index (χ4n) is 4.83. The maximum Gasteiger partial charge on any atom is 0.325 e. The number of pyridine rings is 1. The van der Waals surface area contributed by atoms with E-state index in [1.807, 2.05) is 10.6 Å². The zero-order chi connectivity index (χ0) is 20.8. The van der Waals surface area contributed by atoms with E-state index in [0.717, 1.165) is 17.0 Å². The highest BCUT2D eigenvalue weighted by Crippen LogP contribution is 2.35. The van der Waals surface area contributed by atoms with Gasteiger partial charge in [-0.1, -0.05) is 6.07 Å². The summed E-state index contributed by atoms with van der Waals surface area (Å²) >= 11 is 0. The van der Waals surface area contributed by atoms with Crippen LogP contribution in [-0.4, -0.2) is 51.3 Å². The number of urea groups is 1. The number of likely N-dealkylation sites (tertiary alicyclic amines) is 1.